The second-order valence-corrected chi connectivity index (χ2v) is 9.42. The van der Waals surface area contributed by atoms with E-state index in [1.54, 1.807) is 7.11 Å². The fraction of sp³-hybridized carbons (Fsp3) is 0.400. The van der Waals surface area contributed by atoms with E-state index in [4.69, 9.17) is 16.3 Å². The molecule has 0 saturated heterocycles. The lowest BCUT2D eigenvalue weighted by Crippen LogP contribution is -2.36. The predicted octanol–water partition coefficient (Wildman–Crippen LogP) is 5.07. The highest BCUT2D eigenvalue weighted by molar-refractivity contribution is 7.84. The molecule has 2 aromatic carbocycles. The minimum Gasteiger partial charge on any atom is -0.497 e. The summed E-state index contributed by atoms with van der Waals surface area (Å²) in [6.07, 6.45) is 1.72. The summed E-state index contributed by atoms with van der Waals surface area (Å²) in [5.74, 6) is 0.852. The summed E-state index contributed by atoms with van der Waals surface area (Å²) in [6.45, 7) is 5.91. The SMILES string of the molecule is COc1ccc(CC[C@H](NS(=O)C(C)(C)C)c2ccc(Cl)cc2)cc1. The molecule has 0 fully saturated rings. The van der Waals surface area contributed by atoms with Crippen LogP contribution < -0.4 is 9.46 Å². The van der Waals surface area contributed by atoms with E-state index in [0.29, 0.717) is 5.02 Å². The molecule has 3 nitrogen and oxygen atoms in total. The van der Waals surface area contributed by atoms with Crippen molar-refractivity contribution in [2.75, 3.05) is 7.11 Å². The van der Waals surface area contributed by atoms with E-state index in [9.17, 15) is 4.21 Å². The molecule has 0 aromatic heterocycles. The smallest absolute Gasteiger partial charge is 0.118 e. The zero-order valence-corrected chi connectivity index (χ0v) is 16.8. The van der Waals surface area contributed by atoms with Crippen molar-refractivity contribution in [3.63, 3.8) is 0 Å². The van der Waals surface area contributed by atoms with Gasteiger partial charge < -0.3 is 4.74 Å². The number of benzene rings is 2. The Morgan fingerprint density at radius 1 is 1.08 bits per heavy atom. The second kappa shape index (κ2) is 8.84. The largest absolute Gasteiger partial charge is 0.497 e. The van der Waals surface area contributed by atoms with E-state index in [0.717, 1.165) is 24.2 Å². The fourth-order valence-corrected chi connectivity index (χ4v) is 3.39. The standard InChI is InChI=1S/C20H26ClNO2S/c1-20(2,3)25(23)22-19(16-8-10-17(21)11-9-16)14-7-15-5-12-18(24-4)13-6-15/h5-6,8-13,19,22H,7,14H2,1-4H3/t19-,25?/m0/s1. The first-order chi connectivity index (χ1) is 11.8. The highest BCUT2D eigenvalue weighted by Gasteiger charge is 2.23. The van der Waals surface area contributed by atoms with Gasteiger partial charge in [-0.2, -0.15) is 0 Å². The molecule has 1 N–H and O–H groups in total. The monoisotopic (exact) mass is 379 g/mol. The summed E-state index contributed by atoms with van der Waals surface area (Å²) in [5, 5.41) is 0.703. The Hall–Kier alpha value is -1.36. The van der Waals surface area contributed by atoms with Gasteiger partial charge in [0.25, 0.3) is 0 Å². The number of rotatable bonds is 7. The summed E-state index contributed by atoms with van der Waals surface area (Å²) in [7, 11) is 0.525. The number of methoxy groups -OCH3 is 1. The second-order valence-electron chi connectivity index (χ2n) is 6.99. The summed E-state index contributed by atoms with van der Waals surface area (Å²) in [6, 6.07) is 15.8. The Kier molecular flexibility index (Phi) is 7.05. The lowest BCUT2D eigenvalue weighted by molar-refractivity contribution is 0.414. The van der Waals surface area contributed by atoms with E-state index in [1.807, 2.05) is 57.2 Å². The van der Waals surface area contributed by atoms with E-state index >= 15 is 0 Å². The van der Waals surface area contributed by atoms with Crippen molar-refractivity contribution in [3.05, 3.63) is 64.7 Å². The summed E-state index contributed by atoms with van der Waals surface area (Å²) >= 11 is 6.00. The lowest BCUT2D eigenvalue weighted by atomic mass is 10.00. The van der Waals surface area contributed by atoms with Crippen molar-refractivity contribution in [1.29, 1.82) is 0 Å². The normalized spacial score (nSPS) is 14.1. The van der Waals surface area contributed by atoms with Crippen LogP contribution in [0.3, 0.4) is 0 Å². The zero-order chi connectivity index (χ0) is 18.4. The Bertz CT molecular complexity index is 693. The van der Waals surface area contributed by atoms with Gasteiger partial charge in [-0.3, -0.25) is 0 Å². The molecule has 0 aliphatic rings. The van der Waals surface area contributed by atoms with E-state index in [-0.39, 0.29) is 10.8 Å². The molecule has 0 spiro atoms. The first kappa shape index (κ1) is 20.0. The summed E-state index contributed by atoms with van der Waals surface area (Å²) < 4.78 is 20.7. The topological polar surface area (TPSA) is 38.3 Å². The van der Waals surface area contributed by atoms with Crippen molar-refractivity contribution in [1.82, 2.24) is 4.72 Å². The molecule has 0 saturated carbocycles. The number of hydrogen-bond acceptors (Lipinski definition) is 2. The van der Waals surface area contributed by atoms with Crippen LogP contribution in [0.25, 0.3) is 0 Å². The van der Waals surface area contributed by atoms with Crippen LogP contribution in [0.15, 0.2) is 48.5 Å². The van der Waals surface area contributed by atoms with Crippen LogP contribution in [0.5, 0.6) is 5.75 Å². The molecule has 136 valence electrons. The Labute approximate surface area is 158 Å². The van der Waals surface area contributed by atoms with Crippen LogP contribution in [0.2, 0.25) is 5.02 Å². The minimum absolute atomic E-state index is 0.000531. The maximum Gasteiger partial charge on any atom is 0.118 e. The van der Waals surface area contributed by atoms with E-state index in [1.165, 1.54) is 5.56 Å². The zero-order valence-electron chi connectivity index (χ0n) is 15.2. The van der Waals surface area contributed by atoms with E-state index in [2.05, 4.69) is 16.9 Å². The number of hydrogen-bond donors (Lipinski definition) is 1. The molecular weight excluding hydrogens is 354 g/mol. The molecule has 2 rings (SSSR count). The van der Waals surface area contributed by atoms with Crippen LogP contribution in [-0.2, 0) is 17.4 Å². The molecule has 0 aliphatic heterocycles. The summed E-state index contributed by atoms with van der Waals surface area (Å²) in [5.41, 5.74) is 2.32. The Balaban J connectivity index is 2.12. The van der Waals surface area contributed by atoms with E-state index < -0.39 is 11.0 Å². The van der Waals surface area contributed by atoms with Gasteiger partial charge in [-0.25, -0.2) is 8.93 Å². The quantitative estimate of drug-likeness (QED) is 0.728. The first-order valence-corrected chi connectivity index (χ1v) is 9.89. The van der Waals surface area contributed by atoms with Gasteiger partial charge in [-0.1, -0.05) is 35.9 Å². The van der Waals surface area contributed by atoms with Crippen molar-refractivity contribution >= 4 is 22.6 Å². The Morgan fingerprint density at radius 3 is 2.20 bits per heavy atom. The van der Waals surface area contributed by atoms with Gasteiger partial charge in [0.15, 0.2) is 0 Å². The number of nitrogens with one attached hydrogen (secondary N) is 1. The predicted molar refractivity (Wildman–Crippen MR) is 107 cm³/mol. The molecule has 0 aliphatic carbocycles. The molecule has 0 radical (unpaired) electrons. The van der Waals surface area contributed by atoms with Gasteiger partial charge in [0.05, 0.1) is 22.8 Å². The van der Waals surface area contributed by atoms with Gasteiger partial charge in [0.1, 0.15) is 5.75 Å². The average Bonchev–Trinajstić information content (AvgIpc) is 2.59. The summed E-state index contributed by atoms with van der Waals surface area (Å²) in [4.78, 5) is 0. The highest BCUT2D eigenvalue weighted by Crippen LogP contribution is 2.24. The lowest BCUT2D eigenvalue weighted by Gasteiger charge is -2.25. The Morgan fingerprint density at radius 2 is 1.68 bits per heavy atom. The first-order valence-electron chi connectivity index (χ1n) is 8.36. The molecular formula is C20H26ClNO2S. The molecule has 5 heteroatoms. The third kappa shape index (κ3) is 6.14. The van der Waals surface area contributed by atoms with Crippen LogP contribution >= 0.6 is 11.6 Å². The number of ether oxygens (including phenoxy) is 1. The number of aryl methyl sites for hydroxylation is 1. The minimum atomic E-state index is -1.14. The molecule has 1 unspecified atom stereocenters. The van der Waals surface area contributed by atoms with Gasteiger partial charge in [-0.15, -0.1) is 0 Å². The molecule has 0 amide bonds. The van der Waals surface area contributed by atoms with Crippen LogP contribution in [0.1, 0.15) is 44.4 Å². The maximum atomic E-state index is 12.6. The van der Waals surface area contributed by atoms with Crippen LogP contribution in [0.4, 0.5) is 0 Å². The molecule has 25 heavy (non-hydrogen) atoms. The van der Waals surface area contributed by atoms with Crippen molar-refractivity contribution in [3.8, 4) is 5.75 Å². The van der Waals surface area contributed by atoms with Crippen LogP contribution in [-0.4, -0.2) is 16.1 Å². The third-order valence-corrected chi connectivity index (χ3v) is 5.82. The van der Waals surface area contributed by atoms with Gasteiger partial charge in [0, 0.05) is 11.1 Å². The molecule has 0 heterocycles. The maximum absolute atomic E-state index is 12.6. The number of halogens is 1. The van der Waals surface area contributed by atoms with Crippen molar-refractivity contribution < 1.29 is 8.95 Å². The fourth-order valence-electron chi connectivity index (χ4n) is 2.40. The van der Waals surface area contributed by atoms with Crippen LogP contribution in [0, 0.1) is 0 Å². The van der Waals surface area contributed by atoms with Gasteiger partial charge in [-0.05, 0) is 69.0 Å². The third-order valence-electron chi connectivity index (χ3n) is 3.96. The molecule has 0 bridgehead atoms. The van der Waals surface area contributed by atoms with Crippen molar-refractivity contribution in [2.24, 2.45) is 0 Å². The average molecular weight is 380 g/mol. The van der Waals surface area contributed by atoms with Gasteiger partial charge >= 0.3 is 0 Å². The molecule has 2 atom stereocenters. The molecule has 2 aromatic rings. The van der Waals surface area contributed by atoms with Crippen molar-refractivity contribution in [2.45, 2.75) is 44.4 Å². The highest BCUT2D eigenvalue weighted by atomic mass is 35.5. The van der Waals surface area contributed by atoms with Gasteiger partial charge in [0.2, 0.25) is 0 Å².